The fourth-order valence-electron chi connectivity index (χ4n) is 1.15. The predicted octanol–water partition coefficient (Wildman–Crippen LogP) is 0.467. The summed E-state index contributed by atoms with van der Waals surface area (Å²) in [7, 11) is 0. The van der Waals surface area contributed by atoms with Crippen LogP contribution in [0, 0.1) is 5.92 Å². The van der Waals surface area contributed by atoms with Gasteiger partial charge in [0.2, 0.25) is 5.91 Å². The van der Waals surface area contributed by atoms with Crippen LogP contribution in [0.25, 0.3) is 0 Å². The second-order valence-electron chi connectivity index (χ2n) is 3.66. The van der Waals surface area contributed by atoms with Gasteiger partial charge in [-0.15, -0.1) is 0 Å². The summed E-state index contributed by atoms with van der Waals surface area (Å²) in [5, 5.41) is 19.6. The molecule has 1 amide bonds. The van der Waals surface area contributed by atoms with Gasteiger partial charge in [0.1, 0.15) is 6.04 Å². The Bertz CT molecular complexity index is 276. The van der Waals surface area contributed by atoms with Gasteiger partial charge < -0.3 is 15.5 Å². The van der Waals surface area contributed by atoms with Gasteiger partial charge in [-0.3, -0.25) is 9.59 Å². The predicted molar refractivity (Wildman–Crippen MR) is 55.9 cm³/mol. The molecule has 0 aliphatic carbocycles. The van der Waals surface area contributed by atoms with E-state index in [-0.39, 0.29) is 18.8 Å². The van der Waals surface area contributed by atoms with E-state index in [1.807, 2.05) is 6.92 Å². The normalized spacial score (nSPS) is 13.9. The van der Waals surface area contributed by atoms with Crippen LogP contribution in [0.1, 0.15) is 33.1 Å². The third kappa shape index (κ3) is 5.33. The fraction of sp³-hybridized carbons (Fsp3) is 0.700. The highest BCUT2D eigenvalue weighted by Gasteiger charge is 2.25. The van der Waals surface area contributed by atoms with Crippen LogP contribution in [-0.4, -0.2) is 34.1 Å². The van der Waals surface area contributed by atoms with Crippen LogP contribution < -0.4 is 5.32 Å². The van der Waals surface area contributed by atoms with E-state index in [9.17, 15) is 14.4 Å². The highest BCUT2D eigenvalue weighted by Crippen LogP contribution is 2.08. The zero-order valence-electron chi connectivity index (χ0n) is 9.40. The number of hydrogen-bond donors (Lipinski definition) is 3. The Hall–Kier alpha value is -1.59. The standard InChI is InChI=1S/C10H17NO5/c1-3-6(2)9(10(15)16)11-7(12)4-5-8(13)14/h6,9H,3-5H2,1-2H3,(H,11,12)(H,13,14)(H,15,16)/t6-,9+/m0/s1. The molecule has 0 fully saturated rings. The largest absolute Gasteiger partial charge is 0.481 e. The van der Waals surface area contributed by atoms with Crippen LogP contribution in [0.15, 0.2) is 0 Å². The number of carboxylic acid groups (broad SMARTS) is 2. The average Bonchev–Trinajstić information content (AvgIpc) is 2.21. The number of rotatable bonds is 7. The van der Waals surface area contributed by atoms with Crippen LogP contribution in [-0.2, 0) is 14.4 Å². The van der Waals surface area contributed by atoms with Gasteiger partial charge in [0.25, 0.3) is 0 Å². The lowest BCUT2D eigenvalue weighted by atomic mass is 9.99. The molecule has 16 heavy (non-hydrogen) atoms. The Morgan fingerprint density at radius 3 is 2.12 bits per heavy atom. The zero-order valence-corrected chi connectivity index (χ0v) is 9.40. The molecule has 0 aromatic carbocycles. The van der Waals surface area contributed by atoms with E-state index in [4.69, 9.17) is 10.2 Å². The van der Waals surface area contributed by atoms with Crippen molar-refractivity contribution in [3.05, 3.63) is 0 Å². The summed E-state index contributed by atoms with van der Waals surface area (Å²) in [6, 6.07) is -0.953. The van der Waals surface area contributed by atoms with Gasteiger partial charge >= 0.3 is 11.9 Å². The molecule has 0 spiro atoms. The molecular formula is C10H17NO5. The monoisotopic (exact) mass is 231 g/mol. The molecule has 0 aliphatic heterocycles. The molecule has 6 heteroatoms. The van der Waals surface area contributed by atoms with Crippen LogP contribution in [0.3, 0.4) is 0 Å². The minimum Gasteiger partial charge on any atom is -0.481 e. The Labute approximate surface area is 93.6 Å². The molecule has 3 N–H and O–H groups in total. The van der Waals surface area contributed by atoms with Crippen LogP contribution in [0.4, 0.5) is 0 Å². The summed E-state index contributed by atoms with van der Waals surface area (Å²) in [6.45, 7) is 3.54. The van der Waals surface area contributed by atoms with Gasteiger partial charge in [-0.05, 0) is 5.92 Å². The van der Waals surface area contributed by atoms with Gasteiger partial charge in [0, 0.05) is 6.42 Å². The molecule has 6 nitrogen and oxygen atoms in total. The summed E-state index contributed by atoms with van der Waals surface area (Å²) in [4.78, 5) is 32.3. The minimum absolute atomic E-state index is 0.189. The zero-order chi connectivity index (χ0) is 12.7. The number of hydrogen-bond acceptors (Lipinski definition) is 3. The topological polar surface area (TPSA) is 104 Å². The van der Waals surface area contributed by atoms with Crippen molar-refractivity contribution in [1.82, 2.24) is 5.32 Å². The number of amides is 1. The van der Waals surface area contributed by atoms with E-state index < -0.39 is 23.9 Å². The molecule has 0 heterocycles. The van der Waals surface area contributed by atoms with Crippen molar-refractivity contribution in [1.29, 1.82) is 0 Å². The van der Waals surface area contributed by atoms with Gasteiger partial charge in [-0.2, -0.15) is 0 Å². The van der Waals surface area contributed by atoms with Gasteiger partial charge in [0.05, 0.1) is 6.42 Å². The third-order valence-electron chi connectivity index (χ3n) is 2.36. The summed E-state index contributed by atoms with van der Waals surface area (Å²) in [5.41, 5.74) is 0. The summed E-state index contributed by atoms with van der Waals surface area (Å²) in [5.74, 6) is -2.91. The lowest BCUT2D eigenvalue weighted by Crippen LogP contribution is -2.45. The molecular weight excluding hydrogens is 214 g/mol. The highest BCUT2D eigenvalue weighted by atomic mass is 16.4. The van der Waals surface area contributed by atoms with E-state index in [2.05, 4.69) is 5.32 Å². The SMILES string of the molecule is CC[C@H](C)[C@@H](NC(=O)CCC(=O)O)C(=O)O. The third-order valence-corrected chi connectivity index (χ3v) is 2.36. The average molecular weight is 231 g/mol. The molecule has 0 aromatic heterocycles. The van der Waals surface area contributed by atoms with Crippen LogP contribution in [0.2, 0.25) is 0 Å². The molecule has 2 atom stereocenters. The second-order valence-corrected chi connectivity index (χ2v) is 3.66. The Morgan fingerprint density at radius 2 is 1.75 bits per heavy atom. The molecule has 0 unspecified atom stereocenters. The minimum atomic E-state index is -1.10. The molecule has 0 aromatic rings. The van der Waals surface area contributed by atoms with Gasteiger partial charge in [-0.1, -0.05) is 20.3 Å². The van der Waals surface area contributed by atoms with E-state index in [1.54, 1.807) is 6.92 Å². The quantitative estimate of drug-likeness (QED) is 0.590. The van der Waals surface area contributed by atoms with Crippen molar-refractivity contribution in [2.75, 3.05) is 0 Å². The molecule has 92 valence electrons. The molecule has 0 bridgehead atoms. The lowest BCUT2D eigenvalue weighted by Gasteiger charge is -2.19. The Balaban J connectivity index is 4.24. The maximum absolute atomic E-state index is 11.2. The first-order valence-electron chi connectivity index (χ1n) is 5.12. The van der Waals surface area contributed by atoms with Crippen LogP contribution in [0.5, 0.6) is 0 Å². The van der Waals surface area contributed by atoms with E-state index >= 15 is 0 Å². The summed E-state index contributed by atoms with van der Waals surface area (Å²) >= 11 is 0. The van der Waals surface area contributed by atoms with Crippen molar-refractivity contribution < 1.29 is 24.6 Å². The van der Waals surface area contributed by atoms with Crippen molar-refractivity contribution >= 4 is 17.8 Å². The van der Waals surface area contributed by atoms with E-state index in [1.165, 1.54) is 0 Å². The van der Waals surface area contributed by atoms with Crippen molar-refractivity contribution in [3.8, 4) is 0 Å². The van der Waals surface area contributed by atoms with Gasteiger partial charge in [-0.25, -0.2) is 4.79 Å². The number of carbonyl (C=O) groups is 3. The van der Waals surface area contributed by atoms with Crippen LogP contribution >= 0.6 is 0 Å². The lowest BCUT2D eigenvalue weighted by molar-refractivity contribution is -0.143. The first-order chi connectivity index (χ1) is 7.38. The molecule has 0 saturated carbocycles. The molecule has 0 rings (SSSR count). The first-order valence-corrected chi connectivity index (χ1v) is 5.12. The first kappa shape index (κ1) is 14.4. The molecule has 0 radical (unpaired) electrons. The van der Waals surface area contributed by atoms with E-state index in [0.717, 1.165) is 0 Å². The Kier molecular flexibility index (Phi) is 6.14. The number of aliphatic carboxylic acids is 2. The number of carboxylic acids is 2. The second kappa shape index (κ2) is 6.81. The van der Waals surface area contributed by atoms with Gasteiger partial charge in [0.15, 0.2) is 0 Å². The smallest absolute Gasteiger partial charge is 0.326 e. The van der Waals surface area contributed by atoms with Crippen molar-refractivity contribution in [2.24, 2.45) is 5.92 Å². The Morgan fingerprint density at radius 1 is 1.19 bits per heavy atom. The number of carbonyl (C=O) groups excluding carboxylic acids is 1. The maximum atomic E-state index is 11.2. The fourth-order valence-corrected chi connectivity index (χ4v) is 1.15. The molecule has 0 saturated heterocycles. The summed E-state index contributed by atoms with van der Waals surface area (Å²) < 4.78 is 0. The van der Waals surface area contributed by atoms with Crippen molar-refractivity contribution in [2.45, 2.75) is 39.2 Å². The molecule has 0 aliphatic rings. The highest BCUT2D eigenvalue weighted by molar-refractivity contribution is 5.85. The maximum Gasteiger partial charge on any atom is 0.326 e. The summed E-state index contributed by atoms with van der Waals surface area (Å²) in [6.07, 6.45) is 0.129. The van der Waals surface area contributed by atoms with Crippen molar-refractivity contribution in [3.63, 3.8) is 0 Å². The number of nitrogens with one attached hydrogen (secondary N) is 1. The van der Waals surface area contributed by atoms with E-state index in [0.29, 0.717) is 6.42 Å².